The van der Waals surface area contributed by atoms with Crippen molar-refractivity contribution in [3.05, 3.63) is 36.0 Å². The Morgan fingerprint density at radius 1 is 1.42 bits per heavy atom. The zero-order valence-corrected chi connectivity index (χ0v) is 11.1. The van der Waals surface area contributed by atoms with Crippen LogP contribution >= 0.6 is 0 Å². The third-order valence-electron chi connectivity index (χ3n) is 3.94. The van der Waals surface area contributed by atoms with Crippen molar-refractivity contribution in [1.82, 2.24) is 15.2 Å². The van der Waals surface area contributed by atoms with Gasteiger partial charge in [0.1, 0.15) is 0 Å². The fraction of sp³-hybridized carbons (Fsp3) is 0.400. The highest BCUT2D eigenvalue weighted by Gasteiger charge is 2.24. The Morgan fingerprint density at radius 2 is 2.32 bits per heavy atom. The molecule has 0 radical (unpaired) electrons. The molecule has 1 fully saturated rings. The number of carbonyl (C=O) groups is 1. The van der Waals surface area contributed by atoms with Crippen molar-refractivity contribution in [2.75, 3.05) is 20.1 Å². The maximum Gasteiger partial charge on any atom is 0.254 e. The molecule has 19 heavy (non-hydrogen) atoms. The third kappa shape index (κ3) is 2.24. The lowest BCUT2D eigenvalue weighted by molar-refractivity contribution is 0.0700. The quantitative estimate of drug-likeness (QED) is 0.864. The number of hydrogen-bond acceptors (Lipinski definition) is 2. The molecule has 0 bridgehead atoms. The standard InChI is InChI=1S/C15H19N3O/c1-16-11-4-3-9-18(10-11)15(19)13-5-2-6-14-12(13)7-8-17-14/h2,5-8,11,16-17H,3-4,9-10H2,1H3. The summed E-state index contributed by atoms with van der Waals surface area (Å²) in [7, 11) is 1.96. The maximum absolute atomic E-state index is 12.7. The van der Waals surface area contributed by atoms with Gasteiger partial charge in [-0.05, 0) is 38.1 Å². The molecule has 1 aliphatic rings. The number of hydrogen-bond donors (Lipinski definition) is 2. The summed E-state index contributed by atoms with van der Waals surface area (Å²) in [5, 5.41) is 4.29. The lowest BCUT2D eigenvalue weighted by atomic mass is 10.0. The molecular weight excluding hydrogens is 238 g/mol. The molecule has 1 unspecified atom stereocenters. The number of fused-ring (bicyclic) bond motifs is 1. The second kappa shape index (κ2) is 5.05. The minimum atomic E-state index is 0.144. The first-order valence-corrected chi connectivity index (χ1v) is 6.82. The van der Waals surface area contributed by atoms with E-state index in [0.717, 1.165) is 42.4 Å². The van der Waals surface area contributed by atoms with E-state index in [-0.39, 0.29) is 5.91 Å². The van der Waals surface area contributed by atoms with E-state index in [0.29, 0.717) is 6.04 Å². The fourth-order valence-electron chi connectivity index (χ4n) is 2.84. The van der Waals surface area contributed by atoms with Crippen LogP contribution in [0.3, 0.4) is 0 Å². The van der Waals surface area contributed by atoms with Gasteiger partial charge in [0.25, 0.3) is 5.91 Å². The van der Waals surface area contributed by atoms with Crippen LogP contribution in [0, 0.1) is 0 Å². The SMILES string of the molecule is CNC1CCCN(C(=O)c2cccc3[nH]ccc23)C1. The second-order valence-corrected chi connectivity index (χ2v) is 5.12. The van der Waals surface area contributed by atoms with Gasteiger partial charge in [-0.2, -0.15) is 0 Å². The van der Waals surface area contributed by atoms with Crippen LogP contribution in [0.1, 0.15) is 23.2 Å². The first-order chi connectivity index (χ1) is 9.29. The normalized spacial score (nSPS) is 19.8. The largest absolute Gasteiger partial charge is 0.361 e. The summed E-state index contributed by atoms with van der Waals surface area (Å²) in [5.41, 5.74) is 1.82. The second-order valence-electron chi connectivity index (χ2n) is 5.12. The molecule has 2 aromatic rings. The molecule has 100 valence electrons. The molecule has 4 heteroatoms. The minimum absolute atomic E-state index is 0.144. The number of nitrogens with one attached hydrogen (secondary N) is 2. The Kier molecular flexibility index (Phi) is 3.25. The summed E-state index contributed by atoms with van der Waals surface area (Å²) in [4.78, 5) is 17.8. The Bertz CT molecular complexity index is 590. The van der Waals surface area contributed by atoms with Gasteiger partial charge in [0, 0.05) is 41.8 Å². The van der Waals surface area contributed by atoms with E-state index in [1.807, 2.05) is 42.4 Å². The number of likely N-dealkylation sites (tertiary alicyclic amines) is 1. The van der Waals surface area contributed by atoms with Crippen LogP contribution in [0.2, 0.25) is 0 Å². The summed E-state index contributed by atoms with van der Waals surface area (Å²) in [6.07, 6.45) is 4.10. The van der Waals surface area contributed by atoms with E-state index in [4.69, 9.17) is 0 Å². The average Bonchev–Trinajstić information content (AvgIpc) is 2.95. The van der Waals surface area contributed by atoms with Crippen LogP contribution < -0.4 is 5.32 Å². The molecule has 1 aromatic heterocycles. The van der Waals surface area contributed by atoms with Crippen molar-refractivity contribution in [3.63, 3.8) is 0 Å². The van der Waals surface area contributed by atoms with E-state index >= 15 is 0 Å². The molecule has 0 aliphatic carbocycles. The van der Waals surface area contributed by atoms with Crippen molar-refractivity contribution in [3.8, 4) is 0 Å². The molecule has 1 aromatic carbocycles. The third-order valence-corrected chi connectivity index (χ3v) is 3.94. The average molecular weight is 257 g/mol. The number of likely N-dealkylation sites (N-methyl/N-ethyl adjacent to an activating group) is 1. The first-order valence-electron chi connectivity index (χ1n) is 6.82. The van der Waals surface area contributed by atoms with Crippen LogP contribution in [0.4, 0.5) is 0 Å². The number of benzene rings is 1. The number of amides is 1. The smallest absolute Gasteiger partial charge is 0.254 e. The topological polar surface area (TPSA) is 48.1 Å². The molecule has 1 saturated heterocycles. The Morgan fingerprint density at radius 3 is 3.16 bits per heavy atom. The first kappa shape index (κ1) is 12.2. The number of carbonyl (C=O) groups excluding carboxylic acids is 1. The van der Waals surface area contributed by atoms with Crippen LogP contribution in [0.15, 0.2) is 30.5 Å². The Labute approximate surface area is 112 Å². The van der Waals surface area contributed by atoms with Gasteiger partial charge < -0.3 is 15.2 Å². The van der Waals surface area contributed by atoms with E-state index in [9.17, 15) is 4.79 Å². The van der Waals surface area contributed by atoms with Crippen LogP contribution in [-0.2, 0) is 0 Å². The van der Waals surface area contributed by atoms with Crippen molar-refractivity contribution >= 4 is 16.8 Å². The molecule has 3 rings (SSSR count). The molecule has 1 aliphatic heterocycles. The highest BCUT2D eigenvalue weighted by Crippen LogP contribution is 2.21. The van der Waals surface area contributed by atoms with E-state index < -0.39 is 0 Å². The van der Waals surface area contributed by atoms with Gasteiger partial charge in [0.2, 0.25) is 0 Å². The fourth-order valence-corrected chi connectivity index (χ4v) is 2.84. The summed E-state index contributed by atoms with van der Waals surface area (Å²) < 4.78 is 0. The number of piperidine rings is 1. The summed E-state index contributed by atoms with van der Waals surface area (Å²) in [5.74, 6) is 0.144. The summed E-state index contributed by atoms with van der Waals surface area (Å²) in [6, 6.07) is 8.25. The van der Waals surface area contributed by atoms with Crippen molar-refractivity contribution < 1.29 is 4.79 Å². The monoisotopic (exact) mass is 257 g/mol. The molecule has 0 saturated carbocycles. The van der Waals surface area contributed by atoms with E-state index in [2.05, 4.69) is 10.3 Å². The Hall–Kier alpha value is -1.81. The molecule has 4 nitrogen and oxygen atoms in total. The maximum atomic E-state index is 12.7. The molecule has 1 atom stereocenters. The minimum Gasteiger partial charge on any atom is -0.361 e. The molecule has 2 N–H and O–H groups in total. The van der Waals surface area contributed by atoms with Gasteiger partial charge in [-0.15, -0.1) is 0 Å². The van der Waals surface area contributed by atoms with Crippen molar-refractivity contribution in [2.45, 2.75) is 18.9 Å². The predicted octanol–water partition coefficient (Wildman–Crippen LogP) is 1.99. The van der Waals surface area contributed by atoms with Crippen LogP contribution in [0.5, 0.6) is 0 Å². The van der Waals surface area contributed by atoms with Crippen LogP contribution in [0.25, 0.3) is 10.9 Å². The van der Waals surface area contributed by atoms with Gasteiger partial charge in [-0.1, -0.05) is 6.07 Å². The van der Waals surface area contributed by atoms with Gasteiger partial charge in [-0.25, -0.2) is 0 Å². The number of aromatic nitrogens is 1. The number of rotatable bonds is 2. The zero-order chi connectivity index (χ0) is 13.2. The predicted molar refractivity (Wildman–Crippen MR) is 76.3 cm³/mol. The van der Waals surface area contributed by atoms with Gasteiger partial charge in [0.05, 0.1) is 0 Å². The lowest BCUT2D eigenvalue weighted by Gasteiger charge is -2.32. The number of nitrogens with zero attached hydrogens (tertiary/aromatic N) is 1. The van der Waals surface area contributed by atoms with Crippen molar-refractivity contribution in [1.29, 1.82) is 0 Å². The molecule has 2 heterocycles. The highest BCUT2D eigenvalue weighted by atomic mass is 16.2. The highest BCUT2D eigenvalue weighted by molar-refractivity contribution is 6.06. The van der Waals surface area contributed by atoms with Gasteiger partial charge >= 0.3 is 0 Å². The van der Waals surface area contributed by atoms with Crippen LogP contribution in [-0.4, -0.2) is 42.0 Å². The van der Waals surface area contributed by atoms with E-state index in [1.54, 1.807) is 0 Å². The zero-order valence-electron chi connectivity index (χ0n) is 11.1. The summed E-state index contributed by atoms with van der Waals surface area (Å²) in [6.45, 7) is 1.66. The van der Waals surface area contributed by atoms with E-state index in [1.165, 1.54) is 0 Å². The number of H-pyrrole nitrogens is 1. The lowest BCUT2D eigenvalue weighted by Crippen LogP contribution is -2.47. The molecule has 0 spiro atoms. The summed E-state index contributed by atoms with van der Waals surface area (Å²) >= 11 is 0. The van der Waals surface area contributed by atoms with Gasteiger partial charge in [-0.3, -0.25) is 4.79 Å². The molecular formula is C15H19N3O. The van der Waals surface area contributed by atoms with Crippen molar-refractivity contribution in [2.24, 2.45) is 0 Å². The molecule has 1 amide bonds. The Balaban J connectivity index is 1.89. The number of aromatic amines is 1. The van der Waals surface area contributed by atoms with Gasteiger partial charge in [0.15, 0.2) is 0 Å².